The minimum absolute atomic E-state index is 0. The maximum absolute atomic E-state index is 3.39. The van der Waals surface area contributed by atoms with Gasteiger partial charge in [0.1, 0.15) is 0 Å². The zero-order valence-corrected chi connectivity index (χ0v) is 7.98. The molecule has 0 fully saturated rings. The Morgan fingerprint density at radius 3 is 2.45 bits per heavy atom. The highest BCUT2D eigenvalue weighted by atomic mass is 79.9. The summed E-state index contributed by atoms with van der Waals surface area (Å²) < 4.78 is 1.06. The van der Waals surface area contributed by atoms with E-state index < -0.39 is 0 Å². The summed E-state index contributed by atoms with van der Waals surface area (Å²) in [6.45, 7) is 1.83. The topological polar surface area (TPSA) is 35.0 Å². The summed E-state index contributed by atoms with van der Waals surface area (Å²) in [7, 11) is 0. The first-order chi connectivity index (χ1) is 4.84. The van der Waals surface area contributed by atoms with Crippen LogP contribution in [0.1, 0.15) is 12.5 Å². The van der Waals surface area contributed by atoms with Crippen molar-refractivity contribution in [2.75, 3.05) is 0 Å². The first kappa shape index (κ1) is 10.2. The Hall–Kier alpha value is -0.780. The van der Waals surface area contributed by atoms with Crippen LogP contribution in [-0.2, 0) is 0 Å². The lowest BCUT2D eigenvalue weighted by Crippen LogP contribution is -1.73. The lowest BCUT2D eigenvalue weighted by molar-refractivity contribution is 1.59. The summed E-state index contributed by atoms with van der Waals surface area (Å²) in [6.07, 6.45) is 0. The van der Waals surface area contributed by atoms with Crippen molar-refractivity contribution in [1.29, 1.82) is 0 Å². The van der Waals surface area contributed by atoms with Crippen LogP contribution in [0, 0.1) is 11.8 Å². The average Bonchev–Trinajstić information content (AvgIpc) is 1.94. The highest BCUT2D eigenvalue weighted by Crippen LogP contribution is 2.13. The third-order valence-electron chi connectivity index (χ3n) is 1.13. The highest BCUT2D eigenvalue weighted by molar-refractivity contribution is 9.10. The van der Waals surface area contributed by atoms with Crippen molar-refractivity contribution < 1.29 is 0 Å². The van der Waals surface area contributed by atoms with Crippen LogP contribution in [-0.4, -0.2) is 0 Å². The fourth-order valence-electron chi connectivity index (χ4n) is 0.697. The summed E-state index contributed by atoms with van der Waals surface area (Å²) in [5.41, 5.74) is 1.05. The molecule has 0 saturated heterocycles. The molecule has 0 aromatic heterocycles. The van der Waals surface area contributed by atoms with Gasteiger partial charge in [-0.15, -0.1) is 5.92 Å². The van der Waals surface area contributed by atoms with Crippen molar-refractivity contribution in [3.63, 3.8) is 0 Å². The van der Waals surface area contributed by atoms with Gasteiger partial charge in [-0.25, -0.2) is 0 Å². The molecular weight excluding hydrogens is 202 g/mol. The first-order valence-electron chi connectivity index (χ1n) is 3.02. The fourth-order valence-corrected chi connectivity index (χ4v) is 1.08. The number of hydrogen-bond donors (Lipinski definition) is 1. The van der Waals surface area contributed by atoms with Crippen molar-refractivity contribution in [3.05, 3.63) is 34.3 Å². The number of halogens is 1. The molecule has 0 aliphatic carbocycles. The molecule has 0 atom stereocenters. The van der Waals surface area contributed by atoms with E-state index in [4.69, 9.17) is 0 Å². The molecular formula is C9H10BrN. The normalized spacial score (nSPS) is 7.45. The summed E-state index contributed by atoms with van der Waals surface area (Å²) in [4.78, 5) is 0. The predicted octanol–water partition coefficient (Wildman–Crippen LogP) is 2.98. The summed E-state index contributed by atoms with van der Waals surface area (Å²) >= 11 is 3.39. The summed E-state index contributed by atoms with van der Waals surface area (Å²) in [6, 6.07) is 7.93. The molecule has 1 aromatic rings. The molecule has 58 valence electrons. The van der Waals surface area contributed by atoms with E-state index in [0.29, 0.717) is 0 Å². The Morgan fingerprint density at radius 2 is 1.91 bits per heavy atom. The second kappa shape index (κ2) is 4.95. The van der Waals surface area contributed by atoms with Gasteiger partial charge >= 0.3 is 0 Å². The summed E-state index contributed by atoms with van der Waals surface area (Å²) in [5.74, 6) is 5.82. The number of hydrogen-bond acceptors (Lipinski definition) is 1. The molecule has 0 radical (unpaired) electrons. The Morgan fingerprint density at radius 1 is 1.27 bits per heavy atom. The molecule has 0 unspecified atom stereocenters. The Balaban J connectivity index is 0.000001000. The van der Waals surface area contributed by atoms with E-state index in [1.165, 1.54) is 0 Å². The van der Waals surface area contributed by atoms with Gasteiger partial charge in [0.15, 0.2) is 0 Å². The van der Waals surface area contributed by atoms with Gasteiger partial charge in [0.05, 0.1) is 0 Å². The van der Waals surface area contributed by atoms with Crippen LogP contribution < -0.4 is 6.15 Å². The monoisotopic (exact) mass is 211 g/mol. The molecule has 0 aliphatic heterocycles. The third-order valence-corrected chi connectivity index (χ3v) is 1.83. The van der Waals surface area contributed by atoms with Gasteiger partial charge in [-0.05, 0) is 35.0 Å². The highest BCUT2D eigenvalue weighted by Gasteiger charge is 1.90. The molecule has 0 amide bonds. The lowest BCUT2D eigenvalue weighted by Gasteiger charge is -1.91. The van der Waals surface area contributed by atoms with Crippen LogP contribution in [0.25, 0.3) is 0 Å². The van der Waals surface area contributed by atoms with Crippen LogP contribution in [0.15, 0.2) is 28.7 Å². The van der Waals surface area contributed by atoms with E-state index in [-0.39, 0.29) is 6.15 Å². The molecule has 0 heterocycles. The van der Waals surface area contributed by atoms with Gasteiger partial charge in [0.25, 0.3) is 0 Å². The molecule has 0 spiro atoms. The molecule has 0 bridgehead atoms. The van der Waals surface area contributed by atoms with E-state index in [0.717, 1.165) is 10.0 Å². The van der Waals surface area contributed by atoms with Gasteiger partial charge in [-0.1, -0.05) is 18.1 Å². The molecule has 0 aliphatic rings. The Bertz CT molecular complexity index is 283. The van der Waals surface area contributed by atoms with E-state index in [1.54, 1.807) is 0 Å². The van der Waals surface area contributed by atoms with Crippen LogP contribution in [0.3, 0.4) is 0 Å². The molecule has 1 nitrogen and oxygen atoms in total. The minimum atomic E-state index is 0. The SMILES string of the molecule is CC#Cc1ccccc1Br.N. The van der Waals surface area contributed by atoms with Gasteiger partial charge in [0.2, 0.25) is 0 Å². The molecule has 0 saturated carbocycles. The maximum Gasteiger partial charge on any atom is 0.0387 e. The largest absolute Gasteiger partial charge is 0.344 e. The molecule has 1 rings (SSSR count). The number of benzene rings is 1. The van der Waals surface area contributed by atoms with Gasteiger partial charge in [0, 0.05) is 10.0 Å². The van der Waals surface area contributed by atoms with Crippen molar-refractivity contribution in [2.45, 2.75) is 6.92 Å². The summed E-state index contributed by atoms with van der Waals surface area (Å²) in [5, 5.41) is 0. The molecule has 11 heavy (non-hydrogen) atoms. The van der Waals surface area contributed by atoms with Crippen molar-refractivity contribution in [3.8, 4) is 11.8 Å². The standard InChI is InChI=1S/C9H7Br.H3N/c1-2-5-8-6-3-4-7-9(8)10;/h3-4,6-7H,1H3;1H3. The minimum Gasteiger partial charge on any atom is -0.344 e. The van der Waals surface area contributed by atoms with Crippen molar-refractivity contribution >= 4 is 15.9 Å². The predicted molar refractivity (Wildman–Crippen MR) is 51.7 cm³/mol. The van der Waals surface area contributed by atoms with Gasteiger partial charge in [-0.3, -0.25) is 0 Å². The Kier molecular flexibility index (Phi) is 4.60. The zero-order valence-electron chi connectivity index (χ0n) is 6.39. The smallest absolute Gasteiger partial charge is 0.0387 e. The quantitative estimate of drug-likeness (QED) is 0.659. The zero-order chi connectivity index (χ0) is 7.40. The van der Waals surface area contributed by atoms with Crippen molar-refractivity contribution in [2.24, 2.45) is 0 Å². The maximum atomic E-state index is 3.39. The third kappa shape index (κ3) is 2.75. The lowest BCUT2D eigenvalue weighted by atomic mass is 10.2. The van der Waals surface area contributed by atoms with E-state index in [2.05, 4.69) is 27.8 Å². The van der Waals surface area contributed by atoms with Crippen LogP contribution >= 0.6 is 15.9 Å². The molecule has 3 N–H and O–H groups in total. The van der Waals surface area contributed by atoms with E-state index in [1.807, 2.05) is 31.2 Å². The molecule has 2 heteroatoms. The van der Waals surface area contributed by atoms with Gasteiger partial charge < -0.3 is 6.15 Å². The number of rotatable bonds is 0. The first-order valence-corrected chi connectivity index (χ1v) is 3.81. The van der Waals surface area contributed by atoms with Crippen LogP contribution in [0.5, 0.6) is 0 Å². The van der Waals surface area contributed by atoms with Gasteiger partial charge in [-0.2, -0.15) is 0 Å². The van der Waals surface area contributed by atoms with E-state index >= 15 is 0 Å². The van der Waals surface area contributed by atoms with Crippen molar-refractivity contribution in [1.82, 2.24) is 6.15 Å². The van der Waals surface area contributed by atoms with E-state index in [9.17, 15) is 0 Å². The second-order valence-electron chi connectivity index (χ2n) is 1.85. The fraction of sp³-hybridized carbons (Fsp3) is 0.111. The molecule has 1 aromatic carbocycles. The van der Waals surface area contributed by atoms with Crippen LogP contribution in [0.4, 0.5) is 0 Å². The second-order valence-corrected chi connectivity index (χ2v) is 2.71. The van der Waals surface area contributed by atoms with Crippen LogP contribution in [0.2, 0.25) is 0 Å². The Labute approximate surface area is 75.5 Å². The average molecular weight is 212 g/mol.